The van der Waals surface area contributed by atoms with Crippen molar-refractivity contribution in [3.05, 3.63) is 29.6 Å². The van der Waals surface area contributed by atoms with E-state index >= 15 is 0 Å². The smallest absolute Gasteiger partial charge is 0.123 e. The number of ether oxygens (including phenoxy) is 1. The molecule has 0 spiro atoms. The third-order valence-corrected chi connectivity index (χ3v) is 2.94. The maximum Gasteiger partial charge on any atom is 0.123 e. The van der Waals surface area contributed by atoms with Crippen LogP contribution < -0.4 is 10.1 Å². The van der Waals surface area contributed by atoms with Crippen LogP contribution in [0.5, 0.6) is 5.75 Å². The Labute approximate surface area is 108 Å². The summed E-state index contributed by atoms with van der Waals surface area (Å²) < 4.78 is 18.4. The van der Waals surface area contributed by atoms with Crippen molar-refractivity contribution >= 4 is 0 Å². The molecule has 3 nitrogen and oxygen atoms in total. The largest absolute Gasteiger partial charge is 0.496 e. The van der Waals surface area contributed by atoms with Crippen LogP contribution in [-0.2, 0) is 0 Å². The van der Waals surface area contributed by atoms with Gasteiger partial charge in [0.25, 0.3) is 0 Å². The van der Waals surface area contributed by atoms with Gasteiger partial charge in [-0.25, -0.2) is 4.39 Å². The Morgan fingerprint density at radius 3 is 2.78 bits per heavy atom. The first kappa shape index (κ1) is 14.9. The molecule has 1 aromatic carbocycles. The SMILES string of the molecule is COc1ccc(F)cc1C(C)NCCCCCO. The number of halogens is 1. The summed E-state index contributed by atoms with van der Waals surface area (Å²) in [6.45, 7) is 3.08. The molecular weight excluding hydrogens is 233 g/mol. The molecular formula is C14H22FNO2. The summed E-state index contributed by atoms with van der Waals surface area (Å²) in [7, 11) is 1.59. The van der Waals surface area contributed by atoms with E-state index in [9.17, 15) is 4.39 Å². The molecule has 4 heteroatoms. The molecule has 0 radical (unpaired) electrons. The maximum atomic E-state index is 13.2. The van der Waals surface area contributed by atoms with Gasteiger partial charge in [-0.3, -0.25) is 0 Å². The van der Waals surface area contributed by atoms with Gasteiger partial charge in [0.05, 0.1) is 7.11 Å². The number of rotatable bonds is 8. The fourth-order valence-electron chi connectivity index (χ4n) is 1.89. The number of hydrogen-bond acceptors (Lipinski definition) is 3. The van der Waals surface area contributed by atoms with Crippen LogP contribution in [-0.4, -0.2) is 25.4 Å². The van der Waals surface area contributed by atoms with Gasteiger partial charge < -0.3 is 15.2 Å². The van der Waals surface area contributed by atoms with Crippen LogP contribution in [0.3, 0.4) is 0 Å². The molecule has 0 aromatic heterocycles. The quantitative estimate of drug-likeness (QED) is 0.702. The minimum atomic E-state index is -0.250. The first-order valence-corrected chi connectivity index (χ1v) is 6.36. The molecule has 1 aromatic rings. The van der Waals surface area contributed by atoms with Crippen LogP contribution in [0.1, 0.15) is 37.8 Å². The van der Waals surface area contributed by atoms with E-state index in [0.29, 0.717) is 5.75 Å². The van der Waals surface area contributed by atoms with E-state index in [1.165, 1.54) is 12.1 Å². The molecule has 0 aliphatic rings. The second-order valence-electron chi connectivity index (χ2n) is 4.35. The molecule has 0 aliphatic heterocycles. The Morgan fingerprint density at radius 1 is 1.33 bits per heavy atom. The standard InChI is InChI=1S/C14H22FNO2/c1-11(16-8-4-3-5-9-17)13-10-12(15)6-7-14(13)18-2/h6-7,10-11,16-17H,3-5,8-9H2,1-2H3. The van der Waals surface area contributed by atoms with E-state index in [2.05, 4.69) is 5.32 Å². The molecule has 0 saturated heterocycles. The average Bonchev–Trinajstić information content (AvgIpc) is 2.38. The third-order valence-electron chi connectivity index (χ3n) is 2.94. The second-order valence-corrected chi connectivity index (χ2v) is 4.35. The Morgan fingerprint density at radius 2 is 2.11 bits per heavy atom. The summed E-state index contributed by atoms with van der Waals surface area (Å²) >= 11 is 0. The zero-order valence-corrected chi connectivity index (χ0v) is 11.1. The summed E-state index contributed by atoms with van der Waals surface area (Å²) in [5, 5.41) is 12.0. The number of nitrogens with one attached hydrogen (secondary N) is 1. The normalized spacial score (nSPS) is 12.4. The van der Waals surface area contributed by atoms with Crippen LogP contribution in [0.2, 0.25) is 0 Å². The predicted octanol–water partition coefficient (Wildman–Crippen LogP) is 2.65. The Kier molecular flexibility index (Phi) is 6.68. The lowest BCUT2D eigenvalue weighted by molar-refractivity contribution is 0.282. The molecule has 0 heterocycles. The van der Waals surface area contributed by atoms with Crippen LogP contribution in [0.4, 0.5) is 4.39 Å². The van der Waals surface area contributed by atoms with Crippen LogP contribution >= 0.6 is 0 Å². The highest BCUT2D eigenvalue weighted by Gasteiger charge is 2.11. The lowest BCUT2D eigenvalue weighted by Crippen LogP contribution is -2.20. The van der Waals surface area contributed by atoms with Crippen molar-refractivity contribution in [2.75, 3.05) is 20.3 Å². The average molecular weight is 255 g/mol. The van der Waals surface area contributed by atoms with Gasteiger partial charge in [0.1, 0.15) is 11.6 Å². The third kappa shape index (κ3) is 4.63. The van der Waals surface area contributed by atoms with Crippen molar-refractivity contribution in [1.82, 2.24) is 5.32 Å². The number of unbranched alkanes of at least 4 members (excludes halogenated alkanes) is 2. The fraction of sp³-hybridized carbons (Fsp3) is 0.571. The first-order chi connectivity index (χ1) is 8.69. The first-order valence-electron chi connectivity index (χ1n) is 6.36. The van der Waals surface area contributed by atoms with Crippen molar-refractivity contribution in [3.63, 3.8) is 0 Å². The lowest BCUT2D eigenvalue weighted by atomic mass is 10.1. The minimum absolute atomic E-state index is 0.0461. The van der Waals surface area contributed by atoms with Crippen molar-refractivity contribution in [2.24, 2.45) is 0 Å². The molecule has 0 fully saturated rings. The maximum absolute atomic E-state index is 13.2. The highest BCUT2D eigenvalue weighted by Crippen LogP contribution is 2.25. The molecule has 1 rings (SSSR count). The monoisotopic (exact) mass is 255 g/mol. The van der Waals surface area contributed by atoms with E-state index in [4.69, 9.17) is 9.84 Å². The minimum Gasteiger partial charge on any atom is -0.496 e. The molecule has 102 valence electrons. The van der Waals surface area contributed by atoms with E-state index in [-0.39, 0.29) is 18.5 Å². The summed E-state index contributed by atoms with van der Waals surface area (Å²) in [4.78, 5) is 0. The van der Waals surface area contributed by atoms with Gasteiger partial charge in [-0.15, -0.1) is 0 Å². The zero-order valence-electron chi connectivity index (χ0n) is 11.1. The number of aliphatic hydroxyl groups is 1. The van der Waals surface area contributed by atoms with Crippen LogP contribution in [0, 0.1) is 5.82 Å². The predicted molar refractivity (Wildman–Crippen MR) is 70.3 cm³/mol. The molecule has 0 bridgehead atoms. The van der Waals surface area contributed by atoms with E-state index in [1.807, 2.05) is 6.92 Å². The number of methoxy groups -OCH3 is 1. The van der Waals surface area contributed by atoms with Gasteiger partial charge >= 0.3 is 0 Å². The molecule has 0 aliphatic carbocycles. The highest BCUT2D eigenvalue weighted by molar-refractivity contribution is 5.36. The van der Waals surface area contributed by atoms with Crippen molar-refractivity contribution in [1.29, 1.82) is 0 Å². The van der Waals surface area contributed by atoms with Crippen molar-refractivity contribution < 1.29 is 14.2 Å². The van der Waals surface area contributed by atoms with Crippen LogP contribution in [0.15, 0.2) is 18.2 Å². The molecule has 1 atom stereocenters. The molecule has 0 amide bonds. The molecule has 18 heavy (non-hydrogen) atoms. The van der Waals surface area contributed by atoms with E-state index in [1.54, 1.807) is 13.2 Å². The van der Waals surface area contributed by atoms with E-state index in [0.717, 1.165) is 31.4 Å². The topological polar surface area (TPSA) is 41.5 Å². The van der Waals surface area contributed by atoms with Gasteiger partial charge in [-0.1, -0.05) is 0 Å². The summed E-state index contributed by atoms with van der Waals surface area (Å²) in [5.74, 6) is 0.450. The Hall–Kier alpha value is -1.13. The highest BCUT2D eigenvalue weighted by atomic mass is 19.1. The number of hydrogen-bond donors (Lipinski definition) is 2. The lowest BCUT2D eigenvalue weighted by Gasteiger charge is -2.17. The van der Waals surface area contributed by atoms with Gasteiger partial charge in [0, 0.05) is 18.2 Å². The zero-order chi connectivity index (χ0) is 13.4. The Bertz CT molecular complexity index is 358. The molecule has 1 unspecified atom stereocenters. The van der Waals surface area contributed by atoms with Crippen molar-refractivity contribution in [3.8, 4) is 5.75 Å². The van der Waals surface area contributed by atoms with Crippen LogP contribution in [0.25, 0.3) is 0 Å². The summed E-state index contributed by atoms with van der Waals surface area (Å²) in [5.41, 5.74) is 0.833. The van der Waals surface area contributed by atoms with Gasteiger partial charge in [0.2, 0.25) is 0 Å². The van der Waals surface area contributed by atoms with Gasteiger partial charge in [-0.2, -0.15) is 0 Å². The Balaban J connectivity index is 2.49. The summed E-state index contributed by atoms with van der Waals surface area (Å²) in [6, 6.07) is 4.60. The molecule has 0 saturated carbocycles. The number of aliphatic hydroxyl groups excluding tert-OH is 1. The van der Waals surface area contributed by atoms with E-state index < -0.39 is 0 Å². The van der Waals surface area contributed by atoms with Gasteiger partial charge in [-0.05, 0) is 50.9 Å². The molecule has 2 N–H and O–H groups in total. The second kappa shape index (κ2) is 8.06. The summed E-state index contributed by atoms with van der Waals surface area (Å²) in [6.07, 6.45) is 2.83. The van der Waals surface area contributed by atoms with Gasteiger partial charge in [0.15, 0.2) is 0 Å². The van der Waals surface area contributed by atoms with Crippen molar-refractivity contribution in [2.45, 2.75) is 32.2 Å². The number of benzene rings is 1. The fourth-order valence-corrected chi connectivity index (χ4v) is 1.89.